The average molecular weight is 538 g/mol. The predicted octanol–water partition coefficient (Wildman–Crippen LogP) is 1.15. The zero-order valence-corrected chi connectivity index (χ0v) is 19.8. The molecule has 15 heteroatoms. The molecule has 1 unspecified atom stereocenters. The lowest BCUT2D eigenvalue weighted by Gasteiger charge is -2.34. The largest absolute Gasteiger partial charge is 0.772 e. The standard InChI is InChI=1S/C22H20F3N5O6S/c23-22(24,25)14-10-12(3-4-13(14)11-26)20(33)29-5-1-2-15(29)18-27-19(32)17(31)16-21(34)28(6-7-30(16)18)8-9-37(35)36/h3-4,10,15,31H,1-2,5-9H2,(H,35,36)/p-1/t15-/m0/s1. The van der Waals surface area contributed by atoms with E-state index in [4.69, 9.17) is 5.26 Å². The number of hydrogen-bond acceptors (Lipinski definition) is 8. The number of fused-ring (bicyclic) bond motifs is 1. The molecule has 196 valence electrons. The maximum absolute atomic E-state index is 13.4. The van der Waals surface area contributed by atoms with Crippen LogP contribution >= 0.6 is 0 Å². The van der Waals surface area contributed by atoms with Crippen LogP contribution in [0.1, 0.15) is 56.7 Å². The number of aromatic hydroxyl groups is 1. The molecule has 1 N–H and O–H groups in total. The summed E-state index contributed by atoms with van der Waals surface area (Å²) in [5.74, 6) is -2.83. The Morgan fingerprint density at radius 2 is 2.00 bits per heavy atom. The van der Waals surface area contributed by atoms with Crippen LogP contribution < -0.4 is 5.56 Å². The number of nitrogens with zero attached hydrogens (tertiary/aromatic N) is 5. The second-order valence-corrected chi connectivity index (χ2v) is 9.47. The molecular formula is C22H19F3N5O6S-. The quantitative estimate of drug-likeness (QED) is 0.555. The minimum Gasteiger partial charge on any atom is -0.772 e. The Balaban J connectivity index is 1.72. The van der Waals surface area contributed by atoms with Crippen LogP contribution in [0.5, 0.6) is 5.75 Å². The van der Waals surface area contributed by atoms with Gasteiger partial charge in [-0.05, 0) is 31.0 Å². The van der Waals surface area contributed by atoms with Gasteiger partial charge in [-0.25, -0.2) is 0 Å². The van der Waals surface area contributed by atoms with Gasteiger partial charge >= 0.3 is 11.7 Å². The van der Waals surface area contributed by atoms with Gasteiger partial charge in [0.25, 0.3) is 11.8 Å². The fourth-order valence-corrected chi connectivity index (χ4v) is 4.95. The summed E-state index contributed by atoms with van der Waals surface area (Å²) in [5, 5.41) is 19.3. The van der Waals surface area contributed by atoms with Crippen molar-refractivity contribution in [2.24, 2.45) is 0 Å². The number of carbonyl (C=O) groups excluding carboxylic acids is 2. The third-order valence-corrected chi connectivity index (χ3v) is 6.82. The van der Waals surface area contributed by atoms with Crippen LogP contribution in [0.25, 0.3) is 0 Å². The van der Waals surface area contributed by atoms with E-state index in [2.05, 4.69) is 4.98 Å². The van der Waals surface area contributed by atoms with Crippen molar-refractivity contribution in [2.45, 2.75) is 31.6 Å². The SMILES string of the molecule is N#Cc1ccc(C(=O)N2CCC[C@H]2c2nc(=O)c(O)c3n2CCN(CCS(=O)[O-])C3=O)cc1C(F)(F)F. The molecule has 37 heavy (non-hydrogen) atoms. The number of rotatable bonds is 5. The summed E-state index contributed by atoms with van der Waals surface area (Å²) in [4.78, 5) is 45.0. The van der Waals surface area contributed by atoms with Gasteiger partial charge in [0.15, 0.2) is 5.69 Å². The van der Waals surface area contributed by atoms with Gasteiger partial charge in [-0.1, -0.05) is 11.1 Å². The lowest BCUT2D eigenvalue weighted by molar-refractivity contribution is -0.137. The van der Waals surface area contributed by atoms with E-state index in [1.807, 2.05) is 0 Å². The van der Waals surface area contributed by atoms with Gasteiger partial charge in [-0.2, -0.15) is 23.4 Å². The molecule has 2 amide bonds. The second kappa shape index (κ2) is 9.94. The molecule has 0 saturated carbocycles. The molecular weight excluding hydrogens is 519 g/mol. The van der Waals surface area contributed by atoms with Crippen molar-refractivity contribution in [3.8, 4) is 11.8 Å². The molecule has 2 aliphatic heterocycles. The number of likely N-dealkylation sites (tertiary alicyclic amines) is 1. The van der Waals surface area contributed by atoms with Crippen LogP contribution in [0.4, 0.5) is 13.2 Å². The van der Waals surface area contributed by atoms with Crippen LogP contribution in [0.2, 0.25) is 0 Å². The summed E-state index contributed by atoms with van der Waals surface area (Å²) < 4.78 is 63.4. The first-order chi connectivity index (χ1) is 17.4. The number of alkyl halides is 3. The topological polar surface area (TPSA) is 160 Å². The zero-order valence-electron chi connectivity index (χ0n) is 19.0. The van der Waals surface area contributed by atoms with Crippen LogP contribution in [-0.2, 0) is 23.8 Å². The van der Waals surface area contributed by atoms with E-state index in [-0.39, 0.29) is 49.7 Å². The van der Waals surface area contributed by atoms with Crippen molar-refractivity contribution in [3.05, 3.63) is 56.8 Å². The van der Waals surface area contributed by atoms with Crippen LogP contribution in [0.15, 0.2) is 23.0 Å². The molecule has 2 aromatic rings. The summed E-state index contributed by atoms with van der Waals surface area (Å²) in [6.07, 6.45) is -4.14. The smallest absolute Gasteiger partial charge is 0.417 e. The van der Waals surface area contributed by atoms with Crippen molar-refractivity contribution in [1.29, 1.82) is 5.26 Å². The number of aromatic nitrogens is 2. The first kappa shape index (κ1) is 26.3. The highest BCUT2D eigenvalue weighted by Gasteiger charge is 2.39. The summed E-state index contributed by atoms with van der Waals surface area (Å²) in [5.41, 5.74) is -3.72. The third kappa shape index (κ3) is 4.94. The van der Waals surface area contributed by atoms with E-state index in [1.54, 1.807) is 0 Å². The first-order valence-electron chi connectivity index (χ1n) is 11.0. The van der Waals surface area contributed by atoms with E-state index < -0.39 is 63.2 Å². The third-order valence-electron chi connectivity index (χ3n) is 6.30. The van der Waals surface area contributed by atoms with E-state index >= 15 is 0 Å². The number of halogens is 3. The summed E-state index contributed by atoms with van der Waals surface area (Å²) in [7, 11) is 0. The number of benzene rings is 1. The molecule has 1 saturated heterocycles. The minimum absolute atomic E-state index is 0.00580. The van der Waals surface area contributed by atoms with Gasteiger partial charge in [0.1, 0.15) is 5.82 Å². The first-order valence-corrected chi connectivity index (χ1v) is 12.3. The van der Waals surface area contributed by atoms with Crippen molar-refractivity contribution >= 4 is 22.9 Å². The number of amides is 2. The van der Waals surface area contributed by atoms with Crippen molar-refractivity contribution < 1.29 is 36.6 Å². The minimum atomic E-state index is -4.86. The average Bonchev–Trinajstić information content (AvgIpc) is 3.33. The lowest BCUT2D eigenvalue weighted by Crippen LogP contribution is -2.45. The van der Waals surface area contributed by atoms with E-state index in [9.17, 15) is 41.4 Å². The van der Waals surface area contributed by atoms with Gasteiger partial charge in [0.2, 0.25) is 5.75 Å². The van der Waals surface area contributed by atoms with Gasteiger partial charge in [0.05, 0.1) is 23.2 Å². The summed E-state index contributed by atoms with van der Waals surface area (Å²) in [6, 6.07) is 3.20. The molecule has 11 nitrogen and oxygen atoms in total. The highest BCUT2D eigenvalue weighted by molar-refractivity contribution is 7.79. The number of carbonyl (C=O) groups is 2. The highest BCUT2D eigenvalue weighted by atomic mass is 32.2. The molecule has 1 aromatic carbocycles. The van der Waals surface area contributed by atoms with Crippen LogP contribution in [0.3, 0.4) is 0 Å². The van der Waals surface area contributed by atoms with E-state index in [1.165, 1.54) is 20.4 Å². The maximum Gasteiger partial charge on any atom is 0.417 e. The molecule has 2 aliphatic rings. The number of nitriles is 1. The Kier molecular flexibility index (Phi) is 7.07. The maximum atomic E-state index is 13.4. The lowest BCUT2D eigenvalue weighted by atomic mass is 10.0. The van der Waals surface area contributed by atoms with E-state index in [0.29, 0.717) is 12.5 Å². The van der Waals surface area contributed by atoms with Gasteiger partial charge in [-0.15, -0.1) is 0 Å². The molecule has 0 aliphatic carbocycles. The molecule has 0 radical (unpaired) electrons. The fourth-order valence-electron chi connectivity index (χ4n) is 4.58. The van der Waals surface area contributed by atoms with Gasteiger partial charge < -0.3 is 24.0 Å². The molecule has 1 fully saturated rings. The van der Waals surface area contributed by atoms with Gasteiger partial charge in [-0.3, -0.25) is 18.6 Å². The molecule has 0 bridgehead atoms. The van der Waals surface area contributed by atoms with Crippen molar-refractivity contribution in [3.63, 3.8) is 0 Å². The molecule has 4 rings (SSSR count). The summed E-state index contributed by atoms with van der Waals surface area (Å²) in [6.45, 7) is 0.0580. The van der Waals surface area contributed by atoms with Crippen molar-refractivity contribution in [1.82, 2.24) is 19.4 Å². The van der Waals surface area contributed by atoms with Crippen LogP contribution in [0, 0.1) is 11.3 Å². The molecule has 2 atom stereocenters. The van der Waals surface area contributed by atoms with Gasteiger partial charge in [0, 0.05) is 37.5 Å². The number of hydrogen-bond donors (Lipinski definition) is 1. The van der Waals surface area contributed by atoms with E-state index in [0.717, 1.165) is 12.1 Å². The Labute approximate surface area is 210 Å². The Hall–Kier alpha value is -3.77. The fraction of sp³-hybridized carbons (Fsp3) is 0.409. The highest BCUT2D eigenvalue weighted by Crippen LogP contribution is 2.36. The van der Waals surface area contributed by atoms with Crippen LogP contribution in [-0.4, -0.2) is 70.4 Å². The Morgan fingerprint density at radius 1 is 1.27 bits per heavy atom. The summed E-state index contributed by atoms with van der Waals surface area (Å²) >= 11 is -2.41. The normalized spacial score (nSPS) is 18.5. The monoisotopic (exact) mass is 538 g/mol. The molecule has 3 heterocycles. The second-order valence-electron chi connectivity index (χ2n) is 8.45. The predicted molar refractivity (Wildman–Crippen MR) is 119 cm³/mol. The Bertz CT molecular complexity index is 1400. The zero-order chi connectivity index (χ0) is 27.1. The molecule has 1 aromatic heterocycles. The molecule has 0 spiro atoms. The van der Waals surface area contributed by atoms with Crippen molar-refractivity contribution in [2.75, 3.05) is 25.4 Å². The Morgan fingerprint density at radius 3 is 2.65 bits per heavy atom.